The van der Waals surface area contributed by atoms with Gasteiger partial charge in [-0.15, -0.1) is 0 Å². The maximum absolute atomic E-state index is 11.6. The second-order valence-electron chi connectivity index (χ2n) is 4.73. The van der Waals surface area contributed by atoms with E-state index in [0.717, 1.165) is 19.3 Å². The molecule has 86 valence electrons. The molecule has 3 unspecified atom stereocenters. The fraction of sp³-hybridized carbons (Fsp3) is 0.909. The summed E-state index contributed by atoms with van der Waals surface area (Å²) >= 11 is 0. The molecule has 0 bridgehead atoms. The monoisotopic (exact) mass is 213 g/mol. The Bertz CT molecular complexity index is 240. The van der Waals surface area contributed by atoms with Crippen molar-refractivity contribution in [1.29, 1.82) is 0 Å². The fourth-order valence-electron chi connectivity index (χ4n) is 2.00. The van der Waals surface area contributed by atoms with Crippen LogP contribution >= 0.6 is 0 Å². The zero-order chi connectivity index (χ0) is 10.8. The Kier molecular flexibility index (Phi) is 3.26. The molecule has 2 aliphatic rings. The quantitative estimate of drug-likeness (QED) is 0.706. The van der Waals surface area contributed by atoms with E-state index in [1.807, 2.05) is 6.92 Å². The molecule has 4 heteroatoms. The van der Waals surface area contributed by atoms with E-state index in [4.69, 9.17) is 4.74 Å². The second-order valence-corrected chi connectivity index (χ2v) is 4.73. The first-order valence-electron chi connectivity index (χ1n) is 5.74. The minimum absolute atomic E-state index is 0.0218. The topological polar surface area (TPSA) is 58.6 Å². The van der Waals surface area contributed by atoms with E-state index < -0.39 is 0 Å². The van der Waals surface area contributed by atoms with Gasteiger partial charge in [0.15, 0.2) is 0 Å². The van der Waals surface area contributed by atoms with Crippen molar-refractivity contribution in [3.63, 3.8) is 0 Å². The van der Waals surface area contributed by atoms with E-state index in [-0.39, 0.29) is 24.0 Å². The summed E-state index contributed by atoms with van der Waals surface area (Å²) in [7, 11) is 0. The summed E-state index contributed by atoms with van der Waals surface area (Å²) in [4.78, 5) is 11.6. The molecule has 3 atom stereocenters. The predicted molar refractivity (Wildman–Crippen MR) is 55.3 cm³/mol. The highest BCUT2D eigenvalue weighted by Gasteiger charge is 2.32. The molecule has 1 saturated carbocycles. The standard InChI is InChI=1S/C11H19NO3/c1-7-4-9(6-15-7)11(14)12-5-10(13)8-2-3-8/h7-10,13H,2-6H2,1H3,(H,12,14). The predicted octanol–water partition coefficient (Wildman–Crippen LogP) is 0.298. The summed E-state index contributed by atoms with van der Waals surface area (Å²) in [6, 6.07) is 0. The maximum atomic E-state index is 11.6. The van der Waals surface area contributed by atoms with Gasteiger partial charge in [0.05, 0.1) is 24.7 Å². The first-order valence-corrected chi connectivity index (χ1v) is 5.74. The van der Waals surface area contributed by atoms with E-state index in [1.165, 1.54) is 0 Å². The Morgan fingerprint density at radius 3 is 2.87 bits per heavy atom. The van der Waals surface area contributed by atoms with Crippen molar-refractivity contribution in [1.82, 2.24) is 5.32 Å². The van der Waals surface area contributed by atoms with Crippen molar-refractivity contribution in [2.75, 3.05) is 13.2 Å². The molecule has 0 aromatic rings. The van der Waals surface area contributed by atoms with Crippen molar-refractivity contribution in [3.05, 3.63) is 0 Å². The first kappa shape index (κ1) is 10.9. The molecule has 0 spiro atoms. The molecule has 2 fully saturated rings. The SMILES string of the molecule is CC1CC(C(=O)NCC(O)C2CC2)CO1. The molecule has 1 heterocycles. The van der Waals surface area contributed by atoms with Gasteiger partial charge in [0.1, 0.15) is 0 Å². The van der Waals surface area contributed by atoms with E-state index in [0.29, 0.717) is 19.1 Å². The third kappa shape index (κ3) is 2.92. The molecule has 0 radical (unpaired) electrons. The summed E-state index contributed by atoms with van der Waals surface area (Å²) in [5.41, 5.74) is 0. The van der Waals surface area contributed by atoms with Gasteiger partial charge in [-0.1, -0.05) is 0 Å². The summed E-state index contributed by atoms with van der Waals surface area (Å²) in [5.74, 6) is 0.425. The summed E-state index contributed by atoms with van der Waals surface area (Å²) in [6.45, 7) is 2.90. The maximum Gasteiger partial charge on any atom is 0.225 e. The lowest BCUT2D eigenvalue weighted by molar-refractivity contribution is -0.125. The molecule has 2 rings (SSSR count). The molecule has 15 heavy (non-hydrogen) atoms. The van der Waals surface area contributed by atoms with Crippen molar-refractivity contribution < 1.29 is 14.6 Å². The fourth-order valence-corrected chi connectivity index (χ4v) is 2.00. The van der Waals surface area contributed by atoms with Gasteiger partial charge in [-0.3, -0.25) is 4.79 Å². The minimum Gasteiger partial charge on any atom is -0.391 e. The van der Waals surface area contributed by atoms with Gasteiger partial charge in [0.25, 0.3) is 0 Å². The number of aliphatic hydroxyl groups excluding tert-OH is 1. The highest BCUT2D eigenvalue weighted by atomic mass is 16.5. The number of aliphatic hydroxyl groups is 1. The van der Waals surface area contributed by atoms with Crippen LogP contribution in [0.3, 0.4) is 0 Å². The first-order chi connectivity index (χ1) is 7.16. The van der Waals surface area contributed by atoms with Crippen molar-refractivity contribution in [2.24, 2.45) is 11.8 Å². The Balaban J connectivity index is 1.67. The average molecular weight is 213 g/mol. The molecular formula is C11H19NO3. The number of carbonyl (C=O) groups is 1. The van der Waals surface area contributed by atoms with Crippen LogP contribution in [-0.2, 0) is 9.53 Å². The Morgan fingerprint density at radius 1 is 1.60 bits per heavy atom. The molecule has 4 nitrogen and oxygen atoms in total. The largest absolute Gasteiger partial charge is 0.391 e. The van der Waals surface area contributed by atoms with Crippen LogP contribution < -0.4 is 5.32 Å². The highest BCUT2D eigenvalue weighted by Crippen LogP contribution is 2.32. The van der Waals surface area contributed by atoms with E-state index in [2.05, 4.69) is 5.32 Å². The number of carbonyl (C=O) groups excluding carboxylic acids is 1. The third-order valence-corrected chi connectivity index (χ3v) is 3.22. The van der Waals surface area contributed by atoms with Gasteiger partial charge in [-0.05, 0) is 32.1 Å². The van der Waals surface area contributed by atoms with Crippen LogP contribution in [0.15, 0.2) is 0 Å². The van der Waals surface area contributed by atoms with E-state index in [1.54, 1.807) is 0 Å². The number of nitrogens with one attached hydrogen (secondary N) is 1. The molecular weight excluding hydrogens is 194 g/mol. The van der Waals surface area contributed by atoms with Crippen LogP contribution in [0.25, 0.3) is 0 Å². The normalized spacial score (nSPS) is 32.7. The Hall–Kier alpha value is -0.610. The smallest absolute Gasteiger partial charge is 0.225 e. The van der Waals surface area contributed by atoms with Crippen molar-refractivity contribution >= 4 is 5.91 Å². The van der Waals surface area contributed by atoms with Gasteiger partial charge >= 0.3 is 0 Å². The Morgan fingerprint density at radius 2 is 2.33 bits per heavy atom. The number of hydrogen-bond acceptors (Lipinski definition) is 3. The molecule has 1 aliphatic carbocycles. The number of ether oxygens (including phenoxy) is 1. The lowest BCUT2D eigenvalue weighted by atomic mass is 10.1. The van der Waals surface area contributed by atoms with Crippen LogP contribution in [0.5, 0.6) is 0 Å². The van der Waals surface area contributed by atoms with Gasteiger partial charge in [0.2, 0.25) is 5.91 Å². The molecule has 0 aromatic carbocycles. The molecule has 0 aromatic heterocycles. The molecule has 1 aliphatic heterocycles. The van der Waals surface area contributed by atoms with Crippen molar-refractivity contribution in [3.8, 4) is 0 Å². The van der Waals surface area contributed by atoms with Gasteiger partial charge in [-0.2, -0.15) is 0 Å². The number of rotatable bonds is 4. The van der Waals surface area contributed by atoms with Crippen LogP contribution in [0.4, 0.5) is 0 Å². The Labute approximate surface area is 90.0 Å². The third-order valence-electron chi connectivity index (χ3n) is 3.22. The van der Waals surface area contributed by atoms with Crippen LogP contribution in [-0.4, -0.2) is 36.4 Å². The van der Waals surface area contributed by atoms with Crippen LogP contribution in [0.1, 0.15) is 26.2 Å². The van der Waals surface area contributed by atoms with E-state index in [9.17, 15) is 9.90 Å². The molecule has 2 N–H and O–H groups in total. The average Bonchev–Trinajstić information content (AvgIpc) is 2.97. The zero-order valence-electron chi connectivity index (χ0n) is 9.11. The number of hydrogen-bond donors (Lipinski definition) is 2. The van der Waals surface area contributed by atoms with Crippen LogP contribution in [0.2, 0.25) is 0 Å². The van der Waals surface area contributed by atoms with E-state index >= 15 is 0 Å². The summed E-state index contributed by atoms with van der Waals surface area (Å²) in [5, 5.41) is 12.4. The second kappa shape index (κ2) is 4.49. The lowest BCUT2D eigenvalue weighted by Crippen LogP contribution is -2.37. The van der Waals surface area contributed by atoms with Gasteiger partial charge in [0, 0.05) is 6.54 Å². The lowest BCUT2D eigenvalue weighted by Gasteiger charge is -2.13. The van der Waals surface area contributed by atoms with Crippen LogP contribution in [0, 0.1) is 11.8 Å². The number of amides is 1. The molecule has 1 amide bonds. The minimum atomic E-state index is -0.353. The van der Waals surface area contributed by atoms with Gasteiger partial charge < -0.3 is 15.2 Å². The zero-order valence-corrected chi connectivity index (χ0v) is 9.11. The highest BCUT2D eigenvalue weighted by molar-refractivity contribution is 5.79. The van der Waals surface area contributed by atoms with Crippen molar-refractivity contribution in [2.45, 2.75) is 38.4 Å². The van der Waals surface area contributed by atoms with Gasteiger partial charge in [-0.25, -0.2) is 0 Å². The summed E-state index contributed by atoms with van der Waals surface area (Å²) in [6.07, 6.45) is 2.83. The molecule has 1 saturated heterocycles. The summed E-state index contributed by atoms with van der Waals surface area (Å²) < 4.78 is 5.33.